The highest BCUT2D eigenvalue weighted by molar-refractivity contribution is 14.1. The normalized spacial score (nSPS) is 23.6. The number of alkyl halides is 1. The highest BCUT2D eigenvalue weighted by Gasteiger charge is 2.43. The standard InChI is InChI=1S/C36H57IN4O5/c1-7-12-27(20-37)17-28-19-31(24(5)39-30(33(42)34(38)43)18-26-13-11-14-26)41(21-28)35(44)32(29-15-9-8-10-16-29)40-36(45)46-25(6)23(4)22(2)3/h7,23,25-32,39H,1-2,5,8-21H2,3-4,6H3,(H2,38,43)(H,40,45)/t23?,25-,27?,28-,30?,31+,32+/m1/s1. The zero-order valence-corrected chi connectivity index (χ0v) is 30.4. The fourth-order valence-corrected chi connectivity index (χ4v) is 7.96. The van der Waals surface area contributed by atoms with Crippen molar-refractivity contribution in [1.82, 2.24) is 15.5 Å². The maximum absolute atomic E-state index is 14.6. The maximum Gasteiger partial charge on any atom is 0.408 e. The van der Waals surface area contributed by atoms with Crippen LogP contribution in [0, 0.1) is 29.6 Å². The predicted octanol–water partition coefficient (Wildman–Crippen LogP) is 6.21. The number of Topliss-reactive ketones (excluding diaryl/α,β-unsaturated/α-hetero) is 1. The van der Waals surface area contributed by atoms with E-state index in [9.17, 15) is 19.2 Å². The summed E-state index contributed by atoms with van der Waals surface area (Å²) in [7, 11) is 0. The second-order valence-corrected chi connectivity index (χ2v) is 15.0. The van der Waals surface area contributed by atoms with Gasteiger partial charge >= 0.3 is 6.09 Å². The number of hydrogen-bond donors (Lipinski definition) is 3. The van der Waals surface area contributed by atoms with E-state index in [4.69, 9.17) is 10.5 Å². The molecule has 46 heavy (non-hydrogen) atoms. The molecule has 7 atom stereocenters. The molecule has 1 aliphatic heterocycles. The lowest BCUT2D eigenvalue weighted by molar-refractivity contribution is -0.137. The Morgan fingerprint density at radius 2 is 1.67 bits per heavy atom. The van der Waals surface area contributed by atoms with Gasteiger partial charge in [0.2, 0.25) is 11.7 Å². The summed E-state index contributed by atoms with van der Waals surface area (Å²) in [6, 6.07) is -1.90. The summed E-state index contributed by atoms with van der Waals surface area (Å²) in [6.07, 6.45) is 11.9. The third kappa shape index (κ3) is 10.6. The molecule has 3 rings (SSSR count). The molecule has 2 aliphatic carbocycles. The van der Waals surface area contributed by atoms with Crippen LogP contribution in [-0.4, -0.2) is 63.8 Å². The first kappa shape index (κ1) is 38.1. The third-order valence-electron chi connectivity index (χ3n) is 10.6. The molecule has 0 radical (unpaired) electrons. The first-order valence-corrected chi connectivity index (χ1v) is 18.8. The SMILES string of the molecule is C=CCC(CI)C[C@@H]1C[C@@H](C(=C)NC(CC2CCC2)C(=O)C(N)=O)N(C(=O)[C@@H](NC(=O)O[C@H](C)C(C)C(=C)C)C2CCCCC2)C1. The van der Waals surface area contributed by atoms with Gasteiger partial charge in [0.1, 0.15) is 12.1 Å². The smallest absolute Gasteiger partial charge is 0.408 e. The first-order valence-electron chi connectivity index (χ1n) is 17.2. The molecule has 10 heteroatoms. The highest BCUT2D eigenvalue weighted by Crippen LogP contribution is 2.36. The summed E-state index contributed by atoms with van der Waals surface area (Å²) < 4.78 is 6.73. The van der Waals surface area contributed by atoms with E-state index in [0.717, 1.165) is 74.2 Å². The fourth-order valence-electron chi connectivity index (χ4n) is 7.24. The monoisotopic (exact) mass is 752 g/mol. The molecule has 0 aromatic rings. The van der Waals surface area contributed by atoms with Crippen molar-refractivity contribution in [3.8, 4) is 0 Å². The van der Waals surface area contributed by atoms with Crippen molar-refractivity contribution in [2.45, 2.75) is 122 Å². The number of halogens is 1. The van der Waals surface area contributed by atoms with E-state index < -0.39 is 42.0 Å². The van der Waals surface area contributed by atoms with Gasteiger partial charge in [0.25, 0.3) is 5.91 Å². The van der Waals surface area contributed by atoms with E-state index in [1.54, 1.807) is 0 Å². The summed E-state index contributed by atoms with van der Waals surface area (Å²) in [5.41, 5.74) is 6.91. The fraction of sp³-hybridized carbons (Fsp3) is 0.722. The lowest BCUT2D eigenvalue weighted by Gasteiger charge is -2.36. The van der Waals surface area contributed by atoms with E-state index >= 15 is 0 Å². The molecule has 1 heterocycles. The van der Waals surface area contributed by atoms with E-state index in [0.29, 0.717) is 36.9 Å². The van der Waals surface area contributed by atoms with Crippen LogP contribution in [0.1, 0.15) is 97.8 Å². The van der Waals surface area contributed by atoms with Crippen molar-refractivity contribution in [2.75, 3.05) is 11.0 Å². The number of allylic oxidation sites excluding steroid dienone is 1. The maximum atomic E-state index is 14.6. The lowest BCUT2D eigenvalue weighted by Crippen LogP contribution is -2.55. The third-order valence-corrected chi connectivity index (χ3v) is 11.9. The average Bonchev–Trinajstić information content (AvgIpc) is 3.43. The summed E-state index contributed by atoms with van der Waals surface area (Å²) in [4.78, 5) is 54.6. The molecule has 0 spiro atoms. The molecule has 0 aromatic heterocycles. The minimum absolute atomic E-state index is 0.00532. The number of carbonyl (C=O) groups is 4. The summed E-state index contributed by atoms with van der Waals surface area (Å²) in [6.45, 7) is 18.5. The molecule has 258 valence electrons. The lowest BCUT2D eigenvalue weighted by atomic mass is 9.80. The second-order valence-electron chi connectivity index (χ2n) is 14.1. The first-order chi connectivity index (χ1) is 21.9. The Morgan fingerprint density at radius 1 is 1.00 bits per heavy atom. The topological polar surface area (TPSA) is 131 Å². The van der Waals surface area contributed by atoms with Crippen molar-refractivity contribution < 1.29 is 23.9 Å². The predicted molar refractivity (Wildman–Crippen MR) is 191 cm³/mol. The Labute approximate surface area is 290 Å². The van der Waals surface area contributed by atoms with Crippen LogP contribution in [0.2, 0.25) is 0 Å². The summed E-state index contributed by atoms with van der Waals surface area (Å²) in [5, 5.41) is 6.26. The van der Waals surface area contributed by atoms with Crippen LogP contribution in [0.5, 0.6) is 0 Å². The van der Waals surface area contributed by atoms with Crippen LogP contribution in [-0.2, 0) is 19.1 Å². The molecule has 0 bridgehead atoms. The van der Waals surface area contributed by atoms with Crippen molar-refractivity contribution in [2.24, 2.45) is 35.3 Å². The molecule has 4 N–H and O–H groups in total. The van der Waals surface area contributed by atoms with Crippen LogP contribution in [0.3, 0.4) is 0 Å². The van der Waals surface area contributed by atoms with Crippen LogP contribution in [0.4, 0.5) is 4.79 Å². The van der Waals surface area contributed by atoms with Crippen molar-refractivity contribution in [3.05, 3.63) is 37.1 Å². The van der Waals surface area contributed by atoms with E-state index in [1.807, 2.05) is 31.7 Å². The number of carbonyl (C=O) groups excluding carboxylic acids is 4. The number of alkyl carbamates (subject to hydrolysis) is 1. The van der Waals surface area contributed by atoms with Crippen molar-refractivity contribution in [3.63, 3.8) is 0 Å². The molecule has 0 aromatic carbocycles. The zero-order chi connectivity index (χ0) is 34.0. The largest absolute Gasteiger partial charge is 0.446 e. The van der Waals surface area contributed by atoms with Gasteiger partial charge in [-0.05, 0) is 76.0 Å². The number of amides is 3. The Kier molecular flexibility index (Phi) is 15.1. The number of ketones is 1. The summed E-state index contributed by atoms with van der Waals surface area (Å²) in [5.74, 6) is -0.801. The van der Waals surface area contributed by atoms with Crippen LogP contribution in [0.25, 0.3) is 0 Å². The van der Waals surface area contributed by atoms with Gasteiger partial charge in [-0.25, -0.2) is 4.79 Å². The van der Waals surface area contributed by atoms with Crippen molar-refractivity contribution >= 4 is 46.3 Å². The minimum Gasteiger partial charge on any atom is -0.446 e. The number of nitrogens with zero attached hydrogens (tertiary/aromatic N) is 1. The van der Waals surface area contributed by atoms with Gasteiger partial charge < -0.3 is 26.0 Å². The Morgan fingerprint density at radius 3 is 2.22 bits per heavy atom. The summed E-state index contributed by atoms with van der Waals surface area (Å²) >= 11 is 2.41. The molecular weight excluding hydrogens is 695 g/mol. The number of rotatable bonds is 18. The van der Waals surface area contributed by atoms with E-state index in [-0.39, 0.29) is 23.7 Å². The minimum atomic E-state index is -0.966. The number of primary amides is 1. The molecule has 2 saturated carbocycles. The zero-order valence-electron chi connectivity index (χ0n) is 28.2. The number of nitrogens with one attached hydrogen (secondary N) is 2. The molecule has 3 amide bonds. The Bertz CT molecular complexity index is 1120. The molecule has 3 unspecified atom stereocenters. The highest BCUT2D eigenvalue weighted by atomic mass is 127. The molecular formula is C36H57IN4O5. The number of ether oxygens (including phenoxy) is 1. The molecule has 3 aliphatic rings. The van der Waals surface area contributed by atoms with E-state index in [1.165, 1.54) is 0 Å². The van der Waals surface area contributed by atoms with Gasteiger partial charge in [0.15, 0.2) is 0 Å². The number of likely N-dealkylation sites (tertiary alicyclic amines) is 1. The van der Waals surface area contributed by atoms with Gasteiger partial charge in [-0.15, -0.1) is 6.58 Å². The number of hydrogen-bond acceptors (Lipinski definition) is 6. The van der Waals surface area contributed by atoms with Gasteiger partial charge in [-0.2, -0.15) is 0 Å². The molecule has 3 fully saturated rings. The van der Waals surface area contributed by atoms with Gasteiger partial charge in [-0.1, -0.05) is 92.8 Å². The Hall–Kier alpha value is -2.37. The van der Waals surface area contributed by atoms with Gasteiger partial charge in [-0.3, -0.25) is 14.4 Å². The van der Waals surface area contributed by atoms with Gasteiger partial charge in [0, 0.05) is 22.6 Å². The van der Waals surface area contributed by atoms with Crippen molar-refractivity contribution in [1.29, 1.82) is 0 Å². The van der Waals surface area contributed by atoms with Crippen LogP contribution in [0.15, 0.2) is 37.1 Å². The van der Waals surface area contributed by atoms with Crippen LogP contribution < -0.4 is 16.4 Å². The molecule has 1 saturated heterocycles. The van der Waals surface area contributed by atoms with Gasteiger partial charge in [0.05, 0.1) is 12.1 Å². The quantitative estimate of drug-likeness (QED) is 0.0661. The molecule has 9 nitrogen and oxygen atoms in total. The number of nitrogens with two attached hydrogens (primary N) is 1. The average molecular weight is 753 g/mol. The second kappa shape index (κ2) is 18.2. The van der Waals surface area contributed by atoms with E-state index in [2.05, 4.69) is 53.0 Å². The Balaban J connectivity index is 1.87. The van der Waals surface area contributed by atoms with Crippen LogP contribution >= 0.6 is 22.6 Å².